The lowest BCUT2D eigenvalue weighted by molar-refractivity contribution is -0.114. The maximum Gasteiger partial charge on any atom is 0.232 e. The molecule has 0 aliphatic rings. The first-order valence-electron chi connectivity index (χ1n) is 5.37. The molecular weight excluding hydrogens is 259 g/mol. The highest BCUT2D eigenvalue weighted by atomic mass is 35.5. The predicted octanol–water partition coefficient (Wildman–Crippen LogP) is 4.59. The molecule has 90 valence electrons. The first-order chi connectivity index (χ1) is 7.99. The zero-order chi connectivity index (χ0) is 12.6. The van der Waals surface area contributed by atoms with Gasteiger partial charge in [0.25, 0.3) is 0 Å². The molecule has 0 spiro atoms. The minimum atomic E-state index is -0.414. The van der Waals surface area contributed by atoms with Crippen molar-refractivity contribution in [2.45, 2.75) is 19.8 Å². The van der Waals surface area contributed by atoms with Crippen LogP contribution in [0.4, 0.5) is 0 Å². The first-order valence-corrected chi connectivity index (χ1v) is 6.13. The first kappa shape index (κ1) is 12.5. The number of hydrogen-bond donors (Lipinski definition) is 0. The third-order valence-electron chi connectivity index (χ3n) is 2.72. The van der Waals surface area contributed by atoms with Gasteiger partial charge >= 0.3 is 0 Å². The third kappa shape index (κ3) is 2.48. The number of hydrogen-bond acceptors (Lipinski definition) is 2. The van der Waals surface area contributed by atoms with Crippen molar-refractivity contribution in [2.24, 2.45) is 5.92 Å². The van der Waals surface area contributed by atoms with Crippen molar-refractivity contribution in [2.75, 3.05) is 0 Å². The number of carbonyl (C=O) groups excluding carboxylic acids is 1. The Hall–Kier alpha value is -0.990. The van der Waals surface area contributed by atoms with Crippen molar-refractivity contribution in [3.05, 3.63) is 35.0 Å². The number of fused-ring (bicyclic) bond motifs is 1. The molecule has 1 aromatic heterocycles. The number of carbonyl (C=O) groups is 1. The van der Waals surface area contributed by atoms with Gasteiger partial charge in [0.15, 0.2) is 0 Å². The Morgan fingerprint density at radius 2 is 2.00 bits per heavy atom. The van der Waals surface area contributed by atoms with Gasteiger partial charge < -0.3 is 4.42 Å². The molecule has 0 amide bonds. The Bertz CT molecular complexity index is 558. The Balaban J connectivity index is 2.51. The summed E-state index contributed by atoms with van der Waals surface area (Å²) in [6.45, 7) is 3.87. The van der Waals surface area contributed by atoms with Gasteiger partial charge in [0.05, 0.1) is 5.92 Å². The Labute approximate surface area is 110 Å². The van der Waals surface area contributed by atoms with E-state index in [1.54, 1.807) is 18.2 Å². The molecule has 0 aliphatic carbocycles. The number of furan rings is 1. The summed E-state index contributed by atoms with van der Waals surface area (Å²) in [5.41, 5.74) is 0.716. The molecule has 17 heavy (non-hydrogen) atoms. The van der Waals surface area contributed by atoms with E-state index in [2.05, 4.69) is 0 Å². The lowest BCUT2D eigenvalue weighted by Gasteiger charge is -2.12. The predicted molar refractivity (Wildman–Crippen MR) is 69.7 cm³/mol. The molecule has 0 aliphatic heterocycles. The number of benzene rings is 1. The monoisotopic (exact) mass is 270 g/mol. The topological polar surface area (TPSA) is 30.2 Å². The van der Waals surface area contributed by atoms with Crippen LogP contribution in [0.1, 0.15) is 25.5 Å². The summed E-state index contributed by atoms with van der Waals surface area (Å²) in [4.78, 5) is 11.4. The standard InChI is InChI=1S/C13H12Cl2O2/c1-7(2)12(13(15)16)11-6-8-5-9(14)3-4-10(8)17-11/h3-7,12H,1-2H3. The molecular formula is C13H12Cl2O2. The number of rotatable bonds is 3. The van der Waals surface area contributed by atoms with E-state index in [0.717, 1.165) is 5.39 Å². The van der Waals surface area contributed by atoms with E-state index < -0.39 is 11.2 Å². The highest BCUT2D eigenvalue weighted by molar-refractivity contribution is 6.64. The van der Waals surface area contributed by atoms with E-state index in [1.807, 2.05) is 19.9 Å². The largest absolute Gasteiger partial charge is 0.460 e. The number of halogens is 2. The fourth-order valence-corrected chi connectivity index (χ4v) is 2.43. The van der Waals surface area contributed by atoms with Gasteiger partial charge in [-0.3, -0.25) is 4.79 Å². The second kappa shape index (κ2) is 4.71. The Morgan fingerprint density at radius 3 is 2.59 bits per heavy atom. The lowest BCUT2D eigenvalue weighted by Crippen LogP contribution is -2.12. The summed E-state index contributed by atoms with van der Waals surface area (Å²) in [5.74, 6) is 0.274. The van der Waals surface area contributed by atoms with E-state index in [-0.39, 0.29) is 5.92 Å². The van der Waals surface area contributed by atoms with Gasteiger partial charge in [-0.1, -0.05) is 25.4 Å². The van der Waals surface area contributed by atoms with Crippen LogP contribution in [0.5, 0.6) is 0 Å². The Morgan fingerprint density at radius 1 is 1.29 bits per heavy atom. The molecule has 0 bridgehead atoms. The van der Waals surface area contributed by atoms with E-state index in [9.17, 15) is 4.79 Å². The lowest BCUT2D eigenvalue weighted by atomic mass is 9.94. The summed E-state index contributed by atoms with van der Waals surface area (Å²) in [7, 11) is 0. The van der Waals surface area contributed by atoms with Crippen LogP contribution in [-0.4, -0.2) is 5.24 Å². The average Bonchev–Trinajstić information content (AvgIpc) is 2.58. The molecule has 1 heterocycles. The summed E-state index contributed by atoms with van der Waals surface area (Å²) in [6.07, 6.45) is 0. The van der Waals surface area contributed by atoms with Crippen molar-refractivity contribution in [1.29, 1.82) is 0 Å². The zero-order valence-electron chi connectivity index (χ0n) is 9.54. The Kier molecular flexibility index (Phi) is 3.45. The molecule has 2 nitrogen and oxygen atoms in total. The summed E-state index contributed by atoms with van der Waals surface area (Å²) >= 11 is 11.5. The normalized spacial score (nSPS) is 13.2. The van der Waals surface area contributed by atoms with Crippen LogP contribution in [0.15, 0.2) is 28.7 Å². The van der Waals surface area contributed by atoms with E-state index in [1.165, 1.54) is 0 Å². The van der Waals surface area contributed by atoms with Gasteiger partial charge in [0.2, 0.25) is 5.24 Å². The van der Waals surface area contributed by atoms with Gasteiger partial charge in [0, 0.05) is 10.4 Å². The summed E-state index contributed by atoms with van der Waals surface area (Å²) in [5, 5.41) is 1.13. The van der Waals surface area contributed by atoms with Crippen LogP contribution in [0.25, 0.3) is 11.0 Å². The van der Waals surface area contributed by atoms with Gasteiger partial charge in [-0.15, -0.1) is 0 Å². The van der Waals surface area contributed by atoms with Gasteiger partial charge in [-0.05, 0) is 41.8 Å². The summed E-state index contributed by atoms with van der Waals surface area (Å²) in [6, 6.07) is 7.17. The maximum atomic E-state index is 11.4. The fourth-order valence-electron chi connectivity index (χ4n) is 1.89. The van der Waals surface area contributed by atoms with Crippen LogP contribution in [-0.2, 0) is 4.79 Å². The fraction of sp³-hybridized carbons (Fsp3) is 0.308. The smallest absolute Gasteiger partial charge is 0.232 e. The third-order valence-corrected chi connectivity index (χ3v) is 3.19. The van der Waals surface area contributed by atoms with Crippen molar-refractivity contribution in [3.8, 4) is 0 Å². The molecule has 4 heteroatoms. The SMILES string of the molecule is CC(C)C(C(=O)Cl)c1cc2cc(Cl)ccc2o1. The summed E-state index contributed by atoms with van der Waals surface area (Å²) < 4.78 is 5.64. The van der Waals surface area contributed by atoms with E-state index in [0.29, 0.717) is 16.4 Å². The molecule has 0 saturated carbocycles. The average molecular weight is 271 g/mol. The molecule has 0 N–H and O–H groups in total. The molecule has 1 atom stereocenters. The van der Waals surface area contributed by atoms with Crippen LogP contribution in [0, 0.1) is 5.92 Å². The zero-order valence-corrected chi connectivity index (χ0v) is 11.0. The molecule has 0 fully saturated rings. The molecule has 0 radical (unpaired) electrons. The maximum absolute atomic E-state index is 11.4. The molecule has 1 aromatic carbocycles. The second-order valence-corrected chi connectivity index (χ2v) is 5.17. The minimum Gasteiger partial charge on any atom is -0.460 e. The van der Waals surface area contributed by atoms with Crippen LogP contribution in [0.2, 0.25) is 5.02 Å². The molecule has 0 saturated heterocycles. The van der Waals surface area contributed by atoms with Gasteiger partial charge in [-0.2, -0.15) is 0 Å². The second-order valence-electron chi connectivity index (χ2n) is 4.36. The van der Waals surface area contributed by atoms with Crippen LogP contribution in [0.3, 0.4) is 0 Å². The highest BCUT2D eigenvalue weighted by Gasteiger charge is 2.26. The molecule has 2 rings (SSSR count). The van der Waals surface area contributed by atoms with E-state index >= 15 is 0 Å². The van der Waals surface area contributed by atoms with Crippen LogP contribution >= 0.6 is 23.2 Å². The van der Waals surface area contributed by atoms with Crippen molar-refractivity contribution < 1.29 is 9.21 Å². The molecule has 2 aromatic rings. The highest BCUT2D eigenvalue weighted by Crippen LogP contribution is 2.32. The quantitative estimate of drug-likeness (QED) is 0.764. The van der Waals surface area contributed by atoms with Crippen molar-refractivity contribution >= 4 is 39.4 Å². The van der Waals surface area contributed by atoms with E-state index in [4.69, 9.17) is 27.6 Å². The van der Waals surface area contributed by atoms with Crippen molar-refractivity contribution in [1.82, 2.24) is 0 Å². The van der Waals surface area contributed by atoms with Gasteiger partial charge in [-0.25, -0.2) is 0 Å². The van der Waals surface area contributed by atoms with Gasteiger partial charge in [0.1, 0.15) is 11.3 Å². The molecule has 1 unspecified atom stereocenters. The minimum absolute atomic E-state index is 0.0936. The van der Waals surface area contributed by atoms with Crippen molar-refractivity contribution in [3.63, 3.8) is 0 Å². The van der Waals surface area contributed by atoms with Crippen LogP contribution < -0.4 is 0 Å².